The van der Waals surface area contributed by atoms with Gasteiger partial charge in [-0.3, -0.25) is 14.9 Å². The number of amides is 1. The maximum absolute atomic E-state index is 12.1. The van der Waals surface area contributed by atoms with Crippen molar-refractivity contribution in [2.75, 3.05) is 14.2 Å². The molecule has 10 nitrogen and oxygen atoms in total. The molecule has 0 bridgehead atoms. The van der Waals surface area contributed by atoms with Crippen molar-refractivity contribution in [1.29, 1.82) is 0 Å². The number of carbonyl (C=O) groups excluding carboxylic acids is 1. The molecule has 148 valence electrons. The van der Waals surface area contributed by atoms with Gasteiger partial charge in [0.25, 0.3) is 11.6 Å². The van der Waals surface area contributed by atoms with Crippen LogP contribution in [-0.4, -0.2) is 37.4 Å². The van der Waals surface area contributed by atoms with Crippen molar-refractivity contribution in [3.8, 4) is 23.0 Å². The Morgan fingerprint density at radius 3 is 2.39 bits per heavy atom. The number of hydrazone groups is 1. The first-order valence-corrected chi connectivity index (χ1v) is 8.02. The van der Waals surface area contributed by atoms with E-state index in [4.69, 9.17) is 14.2 Å². The number of ether oxygens (including phenoxy) is 3. The Bertz CT molecular complexity index is 881. The Morgan fingerprint density at radius 1 is 1.18 bits per heavy atom. The van der Waals surface area contributed by atoms with Crippen LogP contribution in [-0.2, 0) is 4.79 Å². The van der Waals surface area contributed by atoms with Crippen LogP contribution in [0.15, 0.2) is 41.5 Å². The molecule has 0 unspecified atom stereocenters. The number of nitro groups is 1. The van der Waals surface area contributed by atoms with Crippen molar-refractivity contribution in [2.45, 2.75) is 13.0 Å². The van der Waals surface area contributed by atoms with E-state index in [2.05, 4.69) is 10.5 Å². The van der Waals surface area contributed by atoms with E-state index in [1.165, 1.54) is 20.1 Å². The molecule has 0 radical (unpaired) electrons. The van der Waals surface area contributed by atoms with Gasteiger partial charge in [0.1, 0.15) is 17.2 Å². The summed E-state index contributed by atoms with van der Waals surface area (Å²) in [6.07, 6.45) is 0.311. The van der Waals surface area contributed by atoms with E-state index in [0.717, 1.165) is 12.3 Å². The molecule has 28 heavy (non-hydrogen) atoms. The van der Waals surface area contributed by atoms with E-state index < -0.39 is 28.4 Å². The summed E-state index contributed by atoms with van der Waals surface area (Å²) in [5.74, 6) is -0.441. The van der Waals surface area contributed by atoms with E-state index in [1.807, 2.05) is 0 Å². The van der Waals surface area contributed by atoms with E-state index in [0.29, 0.717) is 11.5 Å². The zero-order valence-corrected chi connectivity index (χ0v) is 15.4. The molecule has 10 heteroatoms. The number of nitrogens with one attached hydrogen (secondary N) is 1. The van der Waals surface area contributed by atoms with Crippen LogP contribution in [0, 0.1) is 10.1 Å². The lowest BCUT2D eigenvalue weighted by molar-refractivity contribution is -0.398. The van der Waals surface area contributed by atoms with Crippen LogP contribution in [0.2, 0.25) is 0 Å². The maximum atomic E-state index is 12.1. The number of hydrogen-bond acceptors (Lipinski definition) is 8. The summed E-state index contributed by atoms with van der Waals surface area (Å²) in [7, 11) is 2.76. The topological polar surface area (TPSA) is 135 Å². The molecule has 2 aromatic carbocycles. The molecule has 0 aliphatic heterocycles. The monoisotopic (exact) mass is 388 g/mol. The van der Waals surface area contributed by atoms with Crippen molar-refractivity contribution < 1.29 is 29.0 Å². The lowest BCUT2D eigenvalue weighted by atomic mass is 10.2. The second-order valence-corrected chi connectivity index (χ2v) is 5.50. The van der Waals surface area contributed by atoms with Crippen LogP contribution in [0.25, 0.3) is 0 Å². The van der Waals surface area contributed by atoms with Crippen molar-refractivity contribution in [1.82, 2.24) is 5.43 Å². The second-order valence-electron chi connectivity index (χ2n) is 5.50. The summed E-state index contributed by atoms with van der Waals surface area (Å²) in [5.41, 5.74) is 1.83. The average molecular weight is 388 g/mol. The first-order chi connectivity index (χ1) is 13.3. The highest BCUT2D eigenvalue weighted by molar-refractivity contribution is 5.86. The summed E-state index contributed by atoms with van der Waals surface area (Å²) in [5, 5.41) is 26.4. The molecule has 0 heterocycles. The molecule has 2 aromatic rings. The standard InChI is InChI=1S/C18H19N3O7/c1-11(28-14-6-4-13(26-2)5-7-14)18(23)20-19-10-12-8-15(21(24)25)17(22)16(9-12)27-3/h4-11,22H,1-3H3,(H,20,23)/p-1/b19-10-/t11-/m0/s1. The van der Waals surface area contributed by atoms with E-state index in [9.17, 15) is 20.0 Å². The van der Waals surface area contributed by atoms with Gasteiger partial charge in [-0.2, -0.15) is 5.10 Å². The Labute approximate surface area is 160 Å². The highest BCUT2D eigenvalue weighted by atomic mass is 16.6. The first-order valence-electron chi connectivity index (χ1n) is 8.02. The predicted octanol–water partition coefficient (Wildman–Crippen LogP) is 1.60. The van der Waals surface area contributed by atoms with E-state index >= 15 is 0 Å². The third-order valence-electron chi connectivity index (χ3n) is 3.60. The second kappa shape index (κ2) is 9.21. The van der Waals surface area contributed by atoms with Crippen molar-refractivity contribution in [2.24, 2.45) is 5.10 Å². The van der Waals surface area contributed by atoms with Crippen LogP contribution in [0.5, 0.6) is 23.0 Å². The van der Waals surface area contributed by atoms with Crippen molar-refractivity contribution in [3.05, 3.63) is 52.1 Å². The van der Waals surface area contributed by atoms with Crippen molar-refractivity contribution >= 4 is 17.8 Å². The van der Waals surface area contributed by atoms with Gasteiger partial charge in [-0.05, 0) is 37.3 Å². The van der Waals surface area contributed by atoms with Crippen LogP contribution in [0.1, 0.15) is 12.5 Å². The van der Waals surface area contributed by atoms with Gasteiger partial charge in [0.2, 0.25) is 0 Å². The molecule has 2 rings (SSSR count). The number of hydrogen-bond donors (Lipinski definition) is 1. The minimum atomic E-state index is -0.849. The minimum Gasteiger partial charge on any atom is -0.865 e. The number of rotatable bonds is 8. The van der Waals surface area contributed by atoms with Gasteiger partial charge in [0.15, 0.2) is 6.10 Å². The number of carbonyl (C=O) groups is 1. The quantitative estimate of drug-likeness (QED) is 0.412. The molecule has 0 aliphatic rings. The van der Waals surface area contributed by atoms with Crippen LogP contribution < -0.4 is 24.7 Å². The third kappa shape index (κ3) is 5.10. The van der Waals surface area contributed by atoms with E-state index in [-0.39, 0.29) is 11.3 Å². The van der Waals surface area contributed by atoms with Gasteiger partial charge in [-0.15, -0.1) is 0 Å². The molecule has 0 saturated heterocycles. The first kappa shape index (κ1) is 20.5. The smallest absolute Gasteiger partial charge is 0.280 e. The summed E-state index contributed by atoms with van der Waals surface area (Å²) in [6.45, 7) is 1.54. The average Bonchev–Trinajstić information content (AvgIpc) is 2.69. The Kier molecular flexibility index (Phi) is 6.74. The van der Waals surface area contributed by atoms with Crippen LogP contribution >= 0.6 is 0 Å². The molecule has 0 aromatic heterocycles. The normalized spacial score (nSPS) is 11.7. The molecule has 1 atom stereocenters. The molecule has 0 spiro atoms. The molecule has 1 amide bonds. The molecule has 1 N–H and O–H groups in total. The van der Waals surface area contributed by atoms with Gasteiger partial charge in [0, 0.05) is 17.4 Å². The van der Waals surface area contributed by atoms with Gasteiger partial charge < -0.3 is 19.3 Å². The molecule has 0 fully saturated rings. The SMILES string of the molecule is COc1ccc(O[C@@H](C)C(=O)N/N=C\c2cc(OC)c([O-])c([N+](=O)[O-])c2)cc1. The Morgan fingerprint density at radius 2 is 1.82 bits per heavy atom. The fraction of sp³-hybridized carbons (Fsp3) is 0.222. The molecular formula is C18H18N3O7-. The lowest BCUT2D eigenvalue weighted by Gasteiger charge is -2.14. The molecule has 0 aliphatic carbocycles. The summed E-state index contributed by atoms with van der Waals surface area (Å²) < 4.78 is 15.4. The summed E-state index contributed by atoms with van der Waals surface area (Å²) in [4.78, 5) is 22.2. The predicted molar refractivity (Wildman–Crippen MR) is 97.9 cm³/mol. The zero-order chi connectivity index (χ0) is 20.7. The number of nitrogens with zero attached hydrogens (tertiary/aromatic N) is 2. The number of benzene rings is 2. The van der Waals surface area contributed by atoms with Crippen molar-refractivity contribution in [3.63, 3.8) is 0 Å². The highest BCUT2D eigenvalue weighted by Crippen LogP contribution is 2.33. The van der Waals surface area contributed by atoms with Gasteiger partial charge in [-0.25, -0.2) is 5.43 Å². The summed E-state index contributed by atoms with van der Waals surface area (Å²) in [6, 6.07) is 9.01. The lowest BCUT2D eigenvalue weighted by Crippen LogP contribution is -2.33. The minimum absolute atomic E-state index is 0.196. The highest BCUT2D eigenvalue weighted by Gasteiger charge is 2.15. The number of nitro benzene ring substituents is 1. The fourth-order valence-corrected chi connectivity index (χ4v) is 2.14. The van der Waals surface area contributed by atoms with Crippen LogP contribution in [0.4, 0.5) is 5.69 Å². The zero-order valence-electron chi connectivity index (χ0n) is 15.4. The fourth-order valence-electron chi connectivity index (χ4n) is 2.14. The molecule has 0 saturated carbocycles. The van der Waals surface area contributed by atoms with Gasteiger partial charge in [-0.1, -0.05) is 0 Å². The third-order valence-corrected chi connectivity index (χ3v) is 3.60. The summed E-state index contributed by atoms with van der Waals surface area (Å²) >= 11 is 0. The molecular weight excluding hydrogens is 370 g/mol. The van der Waals surface area contributed by atoms with E-state index in [1.54, 1.807) is 31.4 Å². The number of methoxy groups -OCH3 is 2. The van der Waals surface area contributed by atoms with Crippen LogP contribution in [0.3, 0.4) is 0 Å². The largest absolute Gasteiger partial charge is 0.865 e. The Balaban J connectivity index is 2.02. The maximum Gasteiger partial charge on any atom is 0.280 e. The van der Waals surface area contributed by atoms with Gasteiger partial charge >= 0.3 is 0 Å². The van der Waals surface area contributed by atoms with Gasteiger partial charge in [0.05, 0.1) is 25.4 Å². The Hall–Kier alpha value is -3.82.